The predicted molar refractivity (Wildman–Crippen MR) is 121 cm³/mol. The van der Waals surface area contributed by atoms with Gasteiger partial charge in [0.1, 0.15) is 6.04 Å². The lowest BCUT2D eigenvalue weighted by molar-refractivity contribution is -0.122. The number of hydrogen-bond donors (Lipinski definition) is 1. The molecule has 2 fully saturated rings. The number of carbonyl (C=O) groups excluding carboxylic acids is 3. The topological polar surface area (TPSA) is 95.0 Å². The van der Waals surface area contributed by atoms with Gasteiger partial charge in [0.05, 0.1) is 5.56 Å². The molecule has 3 heterocycles. The number of amides is 3. The van der Waals surface area contributed by atoms with Gasteiger partial charge in [-0.3, -0.25) is 24.1 Å². The number of piperazine rings is 1. The van der Waals surface area contributed by atoms with E-state index in [1.165, 1.54) is 22.9 Å². The zero-order chi connectivity index (χ0) is 22.8. The van der Waals surface area contributed by atoms with Crippen molar-refractivity contribution in [3.05, 3.63) is 58.5 Å². The van der Waals surface area contributed by atoms with Crippen LogP contribution in [0.5, 0.6) is 0 Å². The van der Waals surface area contributed by atoms with E-state index in [2.05, 4.69) is 5.32 Å². The molecule has 1 unspecified atom stereocenters. The molecule has 2 aliphatic rings. The lowest BCUT2D eigenvalue weighted by Gasteiger charge is -2.38. The molecule has 1 aromatic carbocycles. The summed E-state index contributed by atoms with van der Waals surface area (Å²) in [5.74, 6) is -0.329. The molecule has 1 atom stereocenters. The SMILES string of the molecule is CN1CCN(C(=O)c2ccc(=O)n(C)c2)CC1C(=O)Nc1cccc(N2CCCC2=O)c1. The highest BCUT2D eigenvalue weighted by Gasteiger charge is 2.33. The molecule has 0 saturated carbocycles. The average molecular weight is 438 g/mol. The van der Waals surface area contributed by atoms with Crippen molar-refractivity contribution in [1.82, 2.24) is 14.4 Å². The number of pyridine rings is 1. The van der Waals surface area contributed by atoms with Crippen molar-refractivity contribution < 1.29 is 14.4 Å². The van der Waals surface area contributed by atoms with E-state index < -0.39 is 6.04 Å². The third-order valence-electron chi connectivity index (χ3n) is 6.07. The van der Waals surface area contributed by atoms with E-state index in [9.17, 15) is 19.2 Å². The van der Waals surface area contributed by atoms with E-state index in [-0.39, 0.29) is 29.8 Å². The Morgan fingerprint density at radius 1 is 1.03 bits per heavy atom. The van der Waals surface area contributed by atoms with E-state index in [0.717, 1.165) is 12.1 Å². The van der Waals surface area contributed by atoms with Gasteiger partial charge in [0, 0.05) is 63.3 Å². The standard InChI is InChI=1S/C23H27N5O4/c1-25-11-12-27(23(32)16-8-9-20(29)26(2)14-16)15-19(25)22(31)24-17-5-3-6-18(13-17)28-10-4-7-21(28)30/h3,5-6,8-9,13-14,19H,4,7,10-12,15H2,1-2H3,(H,24,31). The third-order valence-corrected chi connectivity index (χ3v) is 6.07. The molecule has 1 aromatic heterocycles. The van der Waals surface area contributed by atoms with Crippen LogP contribution in [0.15, 0.2) is 47.4 Å². The molecular weight excluding hydrogens is 410 g/mol. The first-order valence-corrected chi connectivity index (χ1v) is 10.7. The molecule has 0 radical (unpaired) electrons. The highest BCUT2D eigenvalue weighted by Crippen LogP contribution is 2.24. The summed E-state index contributed by atoms with van der Waals surface area (Å²) in [5.41, 5.74) is 1.62. The van der Waals surface area contributed by atoms with Crippen molar-refractivity contribution >= 4 is 29.1 Å². The Bertz CT molecular complexity index is 1110. The Kier molecular flexibility index (Phi) is 6.09. The van der Waals surface area contributed by atoms with E-state index in [1.54, 1.807) is 29.0 Å². The quantitative estimate of drug-likeness (QED) is 0.767. The summed E-state index contributed by atoms with van der Waals surface area (Å²) in [6.07, 6.45) is 2.90. The van der Waals surface area contributed by atoms with Gasteiger partial charge in [-0.05, 0) is 37.7 Å². The zero-order valence-electron chi connectivity index (χ0n) is 18.3. The average Bonchev–Trinajstić information content (AvgIpc) is 3.21. The number of hydrogen-bond acceptors (Lipinski definition) is 5. The van der Waals surface area contributed by atoms with Gasteiger partial charge in [-0.1, -0.05) is 6.07 Å². The molecule has 4 rings (SSSR count). The van der Waals surface area contributed by atoms with Gasteiger partial charge in [0.2, 0.25) is 17.4 Å². The number of aromatic nitrogens is 1. The van der Waals surface area contributed by atoms with Gasteiger partial charge in [0.25, 0.3) is 5.91 Å². The Labute approximate surface area is 186 Å². The van der Waals surface area contributed by atoms with Gasteiger partial charge in [-0.15, -0.1) is 0 Å². The summed E-state index contributed by atoms with van der Waals surface area (Å²) in [5, 5.41) is 2.93. The van der Waals surface area contributed by atoms with Crippen LogP contribution in [0.25, 0.3) is 0 Å². The van der Waals surface area contributed by atoms with Gasteiger partial charge in [0.15, 0.2) is 0 Å². The molecule has 1 N–H and O–H groups in total. The maximum atomic E-state index is 13.1. The summed E-state index contributed by atoms with van der Waals surface area (Å²) in [6, 6.07) is 9.64. The second kappa shape index (κ2) is 8.96. The summed E-state index contributed by atoms with van der Waals surface area (Å²) in [6.45, 7) is 1.98. The molecule has 168 valence electrons. The molecule has 32 heavy (non-hydrogen) atoms. The van der Waals surface area contributed by atoms with Crippen LogP contribution in [0, 0.1) is 0 Å². The number of likely N-dealkylation sites (N-methyl/N-ethyl adjacent to an activating group) is 1. The maximum Gasteiger partial charge on any atom is 0.255 e. The van der Waals surface area contributed by atoms with E-state index >= 15 is 0 Å². The van der Waals surface area contributed by atoms with Gasteiger partial charge >= 0.3 is 0 Å². The normalized spacial score (nSPS) is 19.3. The molecule has 2 aromatic rings. The fraction of sp³-hybridized carbons (Fsp3) is 0.391. The first-order valence-electron chi connectivity index (χ1n) is 10.7. The van der Waals surface area contributed by atoms with E-state index in [0.29, 0.717) is 37.3 Å². The molecule has 9 heteroatoms. The van der Waals surface area contributed by atoms with Gasteiger partial charge in [-0.25, -0.2) is 0 Å². The number of nitrogens with zero attached hydrogens (tertiary/aromatic N) is 4. The van der Waals surface area contributed by atoms with Crippen molar-refractivity contribution in [3.8, 4) is 0 Å². The fourth-order valence-electron chi connectivity index (χ4n) is 4.14. The van der Waals surface area contributed by atoms with Crippen molar-refractivity contribution in [2.24, 2.45) is 7.05 Å². The molecule has 3 amide bonds. The molecule has 0 bridgehead atoms. The lowest BCUT2D eigenvalue weighted by atomic mass is 10.1. The van der Waals surface area contributed by atoms with Gasteiger partial charge < -0.3 is 19.7 Å². The van der Waals surface area contributed by atoms with Crippen LogP contribution in [-0.2, 0) is 16.6 Å². The van der Waals surface area contributed by atoms with Crippen molar-refractivity contribution in [1.29, 1.82) is 0 Å². The van der Waals surface area contributed by atoms with Crippen LogP contribution in [-0.4, -0.2) is 71.4 Å². The maximum absolute atomic E-state index is 13.1. The summed E-state index contributed by atoms with van der Waals surface area (Å²) < 4.78 is 1.37. The van der Waals surface area contributed by atoms with Crippen LogP contribution in [0.1, 0.15) is 23.2 Å². The second-order valence-electron chi connectivity index (χ2n) is 8.30. The predicted octanol–water partition coefficient (Wildman–Crippen LogP) is 0.907. The first kappa shape index (κ1) is 21.8. The molecule has 0 aliphatic carbocycles. The molecule has 0 spiro atoms. The smallest absolute Gasteiger partial charge is 0.255 e. The molecular formula is C23H27N5O4. The second-order valence-corrected chi connectivity index (χ2v) is 8.30. The number of nitrogens with one attached hydrogen (secondary N) is 1. The number of anilines is 2. The largest absolute Gasteiger partial charge is 0.335 e. The van der Waals surface area contributed by atoms with Crippen molar-refractivity contribution in [2.75, 3.05) is 43.4 Å². The Balaban J connectivity index is 1.46. The third kappa shape index (κ3) is 4.43. The number of carbonyl (C=O) groups is 3. The number of aryl methyl sites for hydroxylation is 1. The Morgan fingerprint density at radius 3 is 2.56 bits per heavy atom. The van der Waals surface area contributed by atoms with Crippen LogP contribution < -0.4 is 15.8 Å². The highest BCUT2D eigenvalue weighted by atomic mass is 16.2. The highest BCUT2D eigenvalue weighted by molar-refractivity contribution is 5.99. The summed E-state index contributed by atoms with van der Waals surface area (Å²) in [7, 11) is 3.46. The molecule has 2 saturated heterocycles. The minimum Gasteiger partial charge on any atom is -0.335 e. The first-order chi connectivity index (χ1) is 15.3. The van der Waals surface area contributed by atoms with Crippen LogP contribution in [0.4, 0.5) is 11.4 Å². The lowest BCUT2D eigenvalue weighted by Crippen LogP contribution is -2.57. The molecule has 9 nitrogen and oxygen atoms in total. The summed E-state index contributed by atoms with van der Waals surface area (Å²) in [4.78, 5) is 54.9. The van der Waals surface area contributed by atoms with Gasteiger partial charge in [-0.2, -0.15) is 0 Å². The minimum atomic E-state index is -0.516. The van der Waals surface area contributed by atoms with Crippen LogP contribution >= 0.6 is 0 Å². The van der Waals surface area contributed by atoms with Crippen molar-refractivity contribution in [3.63, 3.8) is 0 Å². The Morgan fingerprint density at radius 2 is 1.84 bits per heavy atom. The number of rotatable bonds is 4. The van der Waals surface area contributed by atoms with Crippen molar-refractivity contribution in [2.45, 2.75) is 18.9 Å². The Hall–Kier alpha value is -3.46. The monoisotopic (exact) mass is 437 g/mol. The van der Waals surface area contributed by atoms with E-state index in [4.69, 9.17) is 0 Å². The fourth-order valence-corrected chi connectivity index (χ4v) is 4.14. The molecule has 2 aliphatic heterocycles. The summed E-state index contributed by atoms with van der Waals surface area (Å²) >= 11 is 0. The zero-order valence-corrected chi connectivity index (χ0v) is 18.3. The van der Waals surface area contributed by atoms with E-state index in [1.807, 2.05) is 24.1 Å². The minimum absolute atomic E-state index is 0.0908. The van der Waals surface area contributed by atoms with Crippen LogP contribution in [0.3, 0.4) is 0 Å². The van der Waals surface area contributed by atoms with Crippen LogP contribution in [0.2, 0.25) is 0 Å². The number of benzene rings is 1.